The largest absolute Gasteiger partial charge is 0.364 e. The molecule has 1 aromatic heterocycles. The van der Waals surface area contributed by atoms with Crippen molar-refractivity contribution in [3.05, 3.63) is 35.3 Å². The highest BCUT2D eigenvalue weighted by atomic mass is 35.5. The summed E-state index contributed by atoms with van der Waals surface area (Å²) in [4.78, 5) is 3.90. The fourth-order valence-corrected chi connectivity index (χ4v) is 1.59. The van der Waals surface area contributed by atoms with Crippen molar-refractivity contribution in [2.45, 2.75) is 18.9 Å². The number of hydrogen-bond acceptors (Lipinski definition) is 2. The monoisotopic (exact) mass is 212 g/mol. The van der Waals surface area contributed by atoms with Gasteiger partial charge in [0.15, 0.2) is 11.6 Å². The molecule has 0 radical (unpaired) electrons. The molecular formula is C10H10ClFN2. The molecule has 74 valence electrons. The average molecular weight is 213 g/mol. The molecule has 1 heterocycles. The summed E-state index contributed by atoms with van der Waals surface area (Å²) in [6.07, 6.45) is 7.43. The number of nitrogens with one attached hydrogen (secondary N) is 1. The Labute approximate surface area is 86.8 Å². The maximum atomic E-state index is 13.3. The van der Waals surface area contributed by atoms with Crippen molar-refractivity contribution in [1.29, 1.82) is 0 Å². The van der Waals surface area contributed by atoms with E-state index >= 15 is 0 Å². The van der Waals surface area contributed by atoms with Gasteiger partial charge in [0.05, 0.1) is 5.02 Å². The minimum absolute atomic E-state index is 0.262. The molecule has 0 unspecified atom stereocenters. The van der Waals surface area contributed by atoms with Crippen molar-refractivity contribution in [3.63, 3.8) is 0 Å². The van der Waals surface area contributed by atoms with E-state index in [1.54, 1.807) is 0 Å². The standard InChI is InChI=1S/C10H10ClFN2/c11-7-5-9(12)10(13-6-7)14-8-3-1-2-4-8/h1-2,5-6,8H,3-4H2,(H,13,14). The Kier molecular flexibility index (Phi) is 2.68. The molecule has 1 N–H and O–H groups in total. The highest BCUT2D eigenvalue weighted by Gasteiger charge is 2.12. The lowest BCUT2D eigenvalue weighted by Crippen LogP contribution is -2.16. The fraction of sp³-hybridized carbons (Fsp3) is 0.300. The van der Waals surface area contributed by atoms with Crippen LogP contribution in [-0.2, 0) is 0 Å². The van der Waals surface area contributed by atoms with Crippen LogP contribution in [0.5, 0.6) is 0 Å². The quantitative estimate of drug-likeness (QED) is 0.763. The first kappa shape index (κ1) is 9.46. The topological polar surface area (TPSA) is 24.9 Å². The van der Waals surface area contributed by atoms with Crippen LogP contribution < -0.4 is 5.32 Å². The van der Waals surface area contributed by atoms with Crippen molar-refractivity contribution in [2.75, 3.05) is 5.32 Å². The van der Waals surface area contributed by atoms with Crippen molar-refractivity contribution >= 4 is 17.4 Å². The number of anilines is 1. The molecule has 14 heavy (non-hydrogen) atoms. The summed E-state index contributed by atoms with van der Waals surface area (Å²) in [7, 11) is 0. The molecular weight excluding hydrogens is 203 g/mol. The first-order valence-corrected chi connectivity index (χ1v) is 4.86. The summed E-state index contributed by atoms with van der Waals surface area (Å²) < 4.78 is 13.3. The molecule has 1 aliphatic carbocycles. The van der Waals surface area contributed by atoms with Crippen molar-refractivity contribution in [1.82, 2.24) is 4.98 Å². The Hall–Kier alpha value is -1.09. The number of aromatic nitrogens is 1. The van der Waals surface area contributed by atoms with Crippen molar-refractivity contribution in [2.24, 2.45) is 0 Å². The van der Waals surface area contributed by atoms with Gasteiger partial charge in [-0.3, -0.25) is 0 Å². The molecule has 1 aliphatic rings. The van der Waals surface area contributed by atoms with Crippen LogP contribution in [0.25, 0.3) is 0 Å². The van der Waals surface area contributed by atoms with Crippen LogP contribution in [0.1, 0.15) is 12.8 Å². The second kappa shape index (κ2) is 3.96. The maximum absolute atomic E-state index is 13.3. The van der Waals surface area contributed by atoms with E-state index in [4.69, 9.17) is 11.6 Å². The highest BCUT2D eigenvalue weighted by Crippen LogP contribution is 2.19. The number of nitrogens with zero attached hydrogens (tertiary/aromatic N) is 1. The maximum Gasteiger partial charge on any atom is 0.166 e. The third kappa shape index (κ3) is 2.04. The highest BCUT2D eigenvalue weighted by molar-refractivity contribution is 6.30. The molecule has 0 atom stereocenters. The molecule has 0 saturated heterocycles. The lowest BCUT2D eigenvalue weighted by Gasteiger charge is -2.12. The summed E-state index contributed by atoms with van der Waals surface area (Å²) in [5.74, 6) is -0.118. The van der Waals surface area contributed by atoms with Crippen LogP contribution in [0, 0.1) is 5.82 Å². The number of pyridine rings is 1. The van der Waals surface area contributed by atoms with Gasteiger partial charge in [-0.25, -0.2) is 9.37 Å². The Morgan fingerprint density at radius 3 is 2.79 bits per heavy atom. The van der Waals surface area contributed by atoms with Gasteiger partial charge in [0, 0.05) is 12.2 Å². The molecule has 0 spiro atoms. The Bertz CT molecular complexity index is 357. The van der Waals surface area contributed by atoms with Crippen LogP contribution in [0.2, 0.25) is 5.02 Å². The number of halogens is 2. The van der Waals surface area contributed by atoms with Gasteiger partial charge in [-0.15, -0.1) is 0 Å². The second-order valence-corrected chi connectivity index (χ2v) is 3.70. The zero-order chi connectivity index (χ0) is 9.97. The van der Waals surface area contributed by atoms with Crippen LogP contribution in [-0.4, -0.2) is 11.0 Å². The number of rotatable bonds is 2. The molecule has 0 aliphatic heterocycles. The number of hydrogen-bond donors (Lipinski definition) is 1. The summed E-state index contributed by atoms with van der Waals surface area (Å²) in [6.45, 7) is 0. The third-order valence-electron chi connectivity index (χ3n) is 2.16. The Balaban J connectivity index is 2.08. The molecule has 0 saturated carbocycles. The van der Waals surface area contributed by atoms with Gasteiger partial charge in [0.2, 0.25) is 0 Å². The van der Waals surface area contributed by atoms with E-state index in [9.17, 15) is 4.39 Å². The summed E-state index contributed by atoms with van der Waals surface area (Å²) in [5.41, 5.74) is 0. The van der Waals surface area contributed by atoms with E-state index in [1.165, 1.54) is 12.3 Å². The van der Waals surface area contributed by atoms with E-state index in [1.807, 2.05) is 0 Å². The second-order valence-electron chi connectivity index (χ2n) is 3.27. The van der Waals surface area contributed by atoms with Crippen LogP contribution in [0.4, 0.5) is 10.2 Å². The van der Waals surface area contributed by atoms with Crippen LogP contribution in [0.15, 0.2) is 24.4 Å². The Morgan fingerprint density at radius 1 is 1.43 bits per heavy atom. The molecule has 2 rings (SSSR count). The van der Waals surface area contributed by atoms with Gasteiger partial charge in [-0.05, 0) is 18.9 Å². The lowest BCUT2D eigenvalue weighted by molar-refractivity contribution is 0.619. The van der Waals surface area contributed by atoms with Crippen molar-refractivity contribution < 1.29 is 4.39 Å². The fourth-order valence-electron chi connectivity index (χ4n) is 1.45. The van der Waals surface area contributed by atoms with E-state index in [0.717, 1.165) is 12.8 Å². The summed E-state index contributed by atoms with van der Waals surface area (Å²) >= 11 is 5.59. The van der Waals surface area contributed by atoms with Gasteiger partial charge < -0.3 is 5.32 Å². The van der Waals surface area contributed by atoms with E-state index in [2.05, 4.69) is 22.5 Å². The normalized spacial score (nSPS) is 16.1. The average Bonchev–Trinajstić information content (AvgIpc) is 2.62. The van der Waals surface area contributed by atoms with Gasteiger partial charge >= 0.3 is 0 Å². The summed E-state index contributed by atoms with van der Waals surface area (Å²) in [5, 5.41) is 3.35. The van der Waals surface area contributed by atoms with Gasteiger partial charge in [-0.2, -0.15) is 0 Å². The molecule has 4 heteroatoms. The van der Waals surface area contributed by atoms with Crippen molar-refractivity contribution in [3.8, 4) is 0 Å². The first-order valence-electron chi connectivity index (χ1n) is 4.48. The molecule has 0 fully saturated rings. The van der Waals surface area contributed by atoms with Gasteiger partial charge in [-0.1, -0.05) is 23.8 Å². The zero-order valence-electron chi connectivity index (χ0n) is 7.50. The summed E-state index contributed by atoms with van der Waals surface area (Å²) in [6, 6.07) is 1.53. The van der Waals surface area contributed by atoms with Gasteiger partial charge in [0.25, 0.3) is 0 Å². The first-order chi connectivity index (χ1) is 6.75. The Morgan fingerprint density at radius 2 is 2.14 bits per heavy atom. The zero-order valence-corrected chi connectivity index (χ0v) is 8.26. The molecule has 0 amide bonds. The minimum Gasteiger partial charge on any atom is -0.364 e. The smallest absolute Gasteiger partial charge is 0.166 e. The minimum atomic E-state index is -0.399. The van der Waals surface area contributed by atoms with Crippen LogP contribution >= 0.6 is 11.6 Å². The lowest BCUT2D eigenvalue weighted by atomic mass is 10.2. The molecule has 0 bridgehead atoms. The van der Waals surface area contributed by atoms with E-state index in [0.29, 0.717) is 5.02 Å². The van der Waals surface area contributed by atoms with Gasteiger partial charge in [0.1, 0.15) is 0 Å². The predicted octanol–water partition coefficient (Wildman–Crippen LogP) is 3.00. The predicted molar refractivity (Wildman–Crippen MR) is 55.0 cm³/mol. The molecule has 1 aromatic rings. The van der Waals surface area contributed by atoms with E-state index < -0.39 is 5.82 Å². The van der Waals surface area contributed by atoms with E-state index in [-0.39, 0.29) is 11.9 Å². The molecule has 0 aromatic carbocycles. The van der Waals surface area contributed by atoms with Crippen LogP contribution in [0.3, 0.4) is 0 Å². The SMILES string of the molecule is Fc1cc(Cl)cnc1NC1CC=CC1. The third-order valence-corrected chi connectivity index (χ3v) is 2.36. The molecule has 2 nitrogen and oxygen atoms in total.